The third-order valence-electron chi connectivity index (χ3n) is 3.64. The molecule has 5 nitrogen and oxygen atoms in total. The van der Waals surface area contributed by atoms with Gasteiger partial charge in [0.25, 0.3) is 0 Å². The number of carbonyl (C=O) groups excluding carboxylic acids is 1. The summed E-state index contributed by atoms with van der Waals surface area (Å²) in [4.78, 5) is 12.1. The largest absolute Gasteiger partial charge is 0.495 e. The summed E-state index contributed by atoms with van der Waals surface area (Å²) in [6.07, 6.45) is 3.65. The summed E-state index contributed by atoms with van der Waals surface area (Å²) in [7, 11) is 1.55. The molecule has 0 fully saturated rings. The molecule has 0 aliphatic carbocycles. The van der Waals surface area contributed by atoms with Crippen LogP contribution in [0.2, 0.25) is 5.02 Å². The van der Waals surface area contributed by atoms with E-state index in [-0.39, 0.29) is 5.91 Å². The van der Waals surface area contributed by atoms with Crippen LogP contribution < -0.4 is 10.1 Å². The van der Waals surface area contributed by atoms with Crippen molar-refractivity contribution in [1.82, 2.24) is 9.78 Å². The molecular formula is C19H18ClN3O2S. The van der Waals surface area contributed by atoms with E-state index in [2.05, 4.69) is 10.4 Å². The molecular weight excluding hydrogens is 370 g/mol. The molecule has 0 aliphatic heterocycles. The van der Waals surface area contributed by atoms with Gasteiger partial charge in [-0.2, -0.15) is 5.10 Å². The molecule has 3 aromatic rings. The van der Waals surface area contributed by atoms with Crippen molar-refractivity contribution in [2.75, 3.05) is 18.2 Å². The highest BCUT2D eigenvalue weighted by Crippen LogP contribution is 2.27. The second kappa shape index (κ2) is 8.78. The van der Waals surface area contributed by atoms with Gasteiger partial charge in [0, 0.05) is 23.8 Å². The SMILES string of the molecule is COc1ccc(NC(=O)CSCc2ccc(-n3cccn3)cc2)cc1Cl. The third kappa shape index (κ3) is 4.80. The van der Waals surface area contributed by atoms with E-state index in [1.54, 1.807) is 43.3 Å². The summed E-state index contributed by atoms with van der Waals surface area (Å²) in [6, 6.07) is 15.2. The number of amides is 1. The monoisotopic (exact) mass is 387 g/mol. The molecule has 0 atom stereocenters. The molecule has 0 aliphatic rings. The Morgan fingerprint density at radius 1 is 1.27 bits per heavy atom. The minimum Gasteiger partial charge on any atom is -0.495 e. The maximum atomic E-state index is 12.1. The van der Waals surface area contributed by atoms with Crippen LogP contribution in [0.3, 0.4) is 0 Å². The molecule has 0 unspecified atom stereocenters. The average molecular weight is 388 g/mol. The molecule has 7 heteroatoms. The molecule has 0 spiro atoms. The fourth-order valence-corrected chi connectivity index (χ4v) is 3.41. The van der Waals surface area contributed by atoms with Gasteiger partial charge in [0.2, 0.25) is 5.91 Å². The lowest BCUT2D eigenvalue weighted by Gasteiger charge is -2.08. The van der Waals surface area contributed by atoms with Gasteiger partial charge in [-0.3, -0.25) is 4.79 Å². The minimum atomic E-state index is -0.0654. The minimum absolute atomic E-state index is 0.0654. The smallest absolute Gasteiger partial charge is 0.234 e. The number of aromatic nitrogens is 2. The lowest BCUT2D eigenvalue weighted by atomic mass is 10.2. The van der Waals surface area contributed by atoms with Gasteiger partial charge >= 0.3 is 0 Å². The van der Waals surface area contributed by atoms with Gasteiger partial charge < -0.3 is 10.1 Å². The molecule has 0 saturated carbocycles. The van der Waals surface area contributed by atoms with E-state index in [1.807, 2.05) is 41.2 Å². The van der Waals surface area contributed by atoms with Gasteiger partial charge in [-0.15, -0.1) is 11.8 Å². The zero-order chi connectivity index (χ0) is 18.4. The Hall–Kier alpha value is -2.44. The summed E-state index contributed by atoms with van der Waals surface area (Å²) >= 11 is 7.62. The fraction of sp³-hybridized carbons (Fsp3) is 0.158. The van der Waals surface area contributed by atoms with Crippen molar-refractivity contribution in [3.05, 3.63) is 71.5 Å². The van der Waals surface area contributed by atoms with Gasteiger partial charge in [-0.1, -0.05) is 23.7 Å². The number of nitrogens with zero attached hydrogens (tertiary/aromatic N) is 2. The molecule has 0 radical (unpaired) electrons. The normalized spacial score (nSPS) is 10.5. The van der Waals surface area contributed by atoms with Crippen molar-refractivity contribution < 1.29 is 9.53 Å². The number of methoxy groups -OCH3 is 1. The van der Waals surface area contributed by atoms with Crippen molar-refractivity contribution >= 4 is 35.0 Å². The number of nitrogens with one attached hydrogen (secondary N) is 1. The predicted molar refractivity (Wildman–Crippen MR) is 106 cm³/mol. The van der Waals surface area contributed by atoms with E-state index in [1.165, 1.54) is 0 Å². The van der Waals surface area contributed by atoms with Crippen LogP contribution in [0.1, 0.15) is 5.56 Å². The third-order valence-corrected chi connectivity index (χ3v) is 4.94. The van der Waals surface area contributed by atoms with Crippen molar-refractivity contribution in [3.8, 4) is 11.4 Å². The Morgan fingerprint density at radius 2 is 2.08 bits per heavy atom. The summed E-state index contributed by atoms with van der Waals surface area (Å²) < 4.78 is 6.91. The molecule has 1 heterocycles. The number of hydrogen-bond acceptors (Lipinski definition) is 4. The summed E-state index contributed by atoms with van der Waals surface area (Å²) in [5.41, 5.74) is 2.83. The number of ether oxygens (including phenoxy) is 1. The Balaban J connectivity index is 1.47. The highest BCUT2D eigenvalue weighted by Gasteiger charge is 2.06. The molecule has 1 aromatic heterocycles. The first-order valence-electron chi connectivity index (χ1n) is 7.96. The van der Waals surface area contributed by atoms with Crippen molar-refractivity contribution in [2.45, 2.75) is 5.75 Å². The zero-order valence-corrected chi connectivity index (χ0v) is 15.8. The van der Waals surface area contributed by atoms with E-state index in [0.717, 1.165) is 17.0 Å². The number of rotatable bonds is 7. The van der Waals surface area contributed by atoms with E-state index in [4.69, 9.17) is 16.3 Å². The molecule has 0 saturated heterocycles. The lowest BCUT2D eigenvalue weighted by molar-refractivity contribution is -0.113. The maximum Gasteiger partial charge on any atom is 0.234 e. The lowest BCUT2D eigenvalue weighted by Crippen LogP contribution is -2.14. The van der Waals surface area contributed by atoms with Crippen LogP contribution in [-0.4, -0.2) is 28.6 Å². The molecule has 1 amide bonds. The highest BCUT2D eigenvalue weighted by molar-refractivity contribution is 7.99. The van der Waals surface area contributed by atoms with Crippen LogP contribution in [0.5, 0.6) is 5.75 Å². The number of hydrogen-bond donors (Lipinski definition) is 1. The molecule has 3 rings (SSSR count). The number of thioether (sulfide) groups is 1. The number of anilines is 1. The van der Waals surface area contributed by atoms with Crippen LogP contribution >= 0.6 is 23.4 Å². The van der Waals surface area contributed by atoms with E-state index < -0.39 is 0 Å². The Bertz CT molecular complexity index is 867. The predicted octanol–water partition coefficient (Wildman–Crippen LogP) is 4.41. The van der Waals surface area contributed by atoms with Crippen LogP contribution in [0.25, 0.3) is 5.69 Å². The maximum absolute atomic E-state index is 12.1. The zero-order valence-electron chi connectivity index (χ0n) is 14.2. The topological polar surface area (TPSA) is 56.1 Å². The Labute approximate surface area is 161 Å². The standard InChI is InChI=1S/C19H18ClN3O2S/c1-25-18-8-5-15(11-17(18)20)22-19(24)13-26-12-14-3-6-16(7-4-14)23-10-2-9-21-23/h2-11H,12-13H2,1H3,(H,22,24). The summed E-state index contributed by atoms with van der Waals surface area (Å²) in [5.74, 6) is 1.64. The highest BCUT2D eigenvalue weighted by atomic mass is 35.5. The quantitative estimate of drug-likeness (QED) is 0.652. The van der Waals surface area contributed by atoms with Gasteiger partial charge in [0.1, 0.15) is 5.75 Å². The van der Waals surface area contributed by atoms with Crippen molar-refractivity contribution in [3.63, 3.8) is 0 Å². The van der Waals surface area contributed by atoms with Crippen LogP contribution in [0.4, 0.5) is 5.69 Å². The summed E-state index contributed by atoms with van der Waals surface area (Å²) in [6.45, 7) is 0. The van der Waals surface area contributed by atoms with E-state index in [0.29, 0.717) is 22.2 Å². The molecule has 26 heavy (non-hydrogen) atoms. The second-order valence-electron chi connectivity index (χ2n) is 5.51. The summed E-state index contributed by atoms with van der Waals surface area (Å²) in [5, 5.41) is 7.50. The number of benzene rings is 2. The molecule has 134 valence electrons. The van der Waals surface area contributed by atoms with E-state index >= 15 is 0 Å². The molecule has 1 N–H and O–H groups in total. The number of carbonyl (C=O) groups is 1. The Morgan fingerprint density at radius 3 is 2.73 bits per heavy atom. The Kier molecular flexibility index (Phi) is 6.20. The fourth-order valence-electron chi connectivity index (χ4n) is 2.37. The average Bonchev–Trinajstić information content (AvgIpc) is 3.17. The van der Waals surface area contributed by atoms with Crippen LogP contribution in [-0.2, 0) is 10.5 Å². The van der Waals surface area contributed by atoms with Gasteiger partial charge in [0.15, 0.2) is 0 Å². The second-order valence-corrected chi connectivity index (χ2v) is 6.90. The van der Waals surface area contributed by atoms with Crippen LogP contribution in [0, 0.1) is 0 Å². The van der Waals surface area contributed by atoms with E-state index in [9.17, 15) is 4.79 Å². The first kappa shape index (κ1) is 18.4. The van der Waals surface area contributed by atoms with Crippen LogP contribution in [0.15, 0.2) is 60.9 Å². The number of halogens is 1. The van der Waals surface area contributed by atoms with Crippen molar-refractivity contribution in [1.29, 1.82) is 0 Å². The first-order valence-corrected chi connectivity index (χ1v) is 9.49. The van der Waals surface area contributed by atoms with Gasteiger partial charge in [-0.25, -0.2) is 4.68 Å². The first-order chi connectivity index (χ1) is 12.7. The van der Waals surface area contributed by atoms with Gasteiger partial charge in [-0.05, 0) is 42.0 Å². The molecule has 2 aromatic carbocycles. The van der Waals surface area contributed by atoms with Gasteiger partial charge in [0.05, 0.1) is 23.6 Å². The molecule has 0 bridgehead atoms. The van der Waals surface area contributed by atoms with Crippen molar-refractivity contribution in [2.24, 2.45) is 0 Å².